The van der Waals surface area contributed by atoms with Gasteiger partial charge in [-0.3, -0.25) is 9.59 Å². The molecule has 18 heavy (non-hydrogen) atoms. The predicted octanol–water partition coefficient (Wildman–Crippen LogP) is 3.55. The molecule has 0 spiro atoms. The fourth-order valence-corrected chi connectivity index (χ4v) is 2.15. The molecule has 0 amide bonds. The zero-order chi connectivity index (χ0) is 14.2. The van der Waals surface area contributed by atoms with Gasteiger partial charge in [0.25, 0.3) is 0 Å². The van der Waals surface area contributed by atoms with Crippen LogP contribution in [0.5, 0.6) is 0 Å². The van der Waals surface area contributed by atoms with Crippen molar-refractivity contribution in [3.63, 3.8) is 0 Å². The molecule has 0 heterocycles. The Labute approximate surface area is 109 Å². The molecule has 4 nitrogen and oxygen atoms in total. The summed E-state index contributed by atoms with van der Waals surface area (Å²) in [4.78, 5) is 22.2. The standard InChI is InChI=1S/C14H26O4/c1-4-6-9-14(3,13(17)18)10-7-8-11(5-2)12(15)16/h11H,4-10H2,1-3H3,(H,15,16)(H,17,18). The van der Waals surface area contributed by atoms with Crippen molar-refractivity contribution in [2.45, 2.75) is 65.7 Å². The molecular formula is C14H26O4. The number of hydrogen-bond donors (Lipinski definition) is 2. The van der Waals surface area contributed by atoms with Gasteiger partial charge in [-0.2, -0.15) is 0 Å². The quantitative estimate of drug-likeness (QED) is 0.628. The van der Waals surface area contributed by atoms with Crippen LogP contribution >= 0.6 is 0 Å². The summed E-state index contributed by atoms with van der Waals surface area (Å²) in [6, 6.07) is 0. The maximum absolute atomic E-state index is 11.3. The molecule has 0 aliphatic carbocycles. The van der Waals surface area contributed by atoms with Crippen LogP contribution in [0.1, 0.15) is 65.7 Å². The van der Waals surface area contributed by atoms with E-state index in [9.17, 15) is 14.7 Å². The minimum atomic E-state index is -0.775. The second-order valence-corrected chi connectivity index (χ2v) is 5.31. The SMILES string of the molecule is CCCCC(C)(CCCC(CC)C(=O)O)C(=O)O. The molecule has 0 radical (unpaired) electrons. The highest BCUT2D eigenvalue weighted by molar-refractivity contribution is 5.74. The highest BCUT2D eigenvalue weighted by Crippen LogP contribution is 2.31. The predicted molar refractivity (Wildman–Crippen MR) is 70.5 cm³/mol. The van der Waals surface area contributed by atoms with Gasteiger partial charge in [-0.15, -0.1) is 0 Å². The van der Waals surface area contributed by atoms with E-state index in [-0.39, 0.29) is 5.92 Å². The lowest BCUT2D eigenvalue weighted by Crippen LogP contribution is -2.28. The second-order valence-electron chi connectivity index (χ2n) is 5.31. The topological polar surface area (TPSA) is 74.6 Å². The fourth-order valence-electron chi connectivity index (χ4n) is 2.15. The van der Waals surface area contributed by atoms with Gasteiger partial charge in [-0.05, 0) is 32.6 Å². The molecular weight excluding hydrogens is 232 g/mol. The highest BCUT2D eigenvalue weighted by atomic mass is 16.4. The Balaban J connectivity index is 4.27. The van der Waals surface area contributed by atoms with Gasteiger partial charge in [-0.1, -0.05) is 33.1 Å². The molecule has 0 rings (SSSR count). The zero-order valence-corrected chi connectivity index (χ0v) is 11.7. The van der Waals surface area contributed by atoms with Crippen LogP contribution in [0.4, 0.5) is 0 Å². The van der Waals surface area contributed by atoms with Crippen LogP contribution in [0.3, 0.4) is 0 Å². The van der Waals surface area contributed by atoms with E-state index in [1.54, 1.807) is 6.92 Å². The Hall–Kier alpha value is -1.06. The molecule has 4 heteroatoms. The third kappa shape index (κ3) is 5.52. The third-order valence-corrected chi connectivity index (χ3v) is 3.72. The molecule has 0 aromatic rings. The van der Waals surface area contributed by atoms with E-state index in [0.29, 0.717) is 32.1 Å². The summed E-state index contributed by atoms with van der Waals surface area (Å²) in [5, 5.41) is 18.2. The molecule has 0 aliphatic heterocycles. The molecule has 2 N–H and O–H groups in total. The van der Waals surface area contributed by atoms with Gasteiger partial charge in [0.05, 0.1) is 11.3 Å². The summed E-state index contributed by atoms with van der Waals surface area (Å²) in [6.07, 6.45) is 4.95. The molecule has 0 bridgehead atoms. The van der Waals surface area contributed by atoms with Crippen LogP contribution in [0.15, 0.2) is 0 Å². The Morgan fingerprint density at radius 1 is 1.11 bits per heavy atom. The largest absolute Gasteiger partial charge is 0.481 e. The number of carbonyl (C=O) groups is 2. The Morgan fingerprint density at radius 3 is 2.06 bits per heavy atom. The van der Waals surface area contributed by atoms with Gasteiger partial charge in [0.2, 0.25) is 0 Å². The van der Waals surface area contributed by atoms with Crippen LogP contribution in [0.25, 0.3) is 0 Å². The maximum atomic E-state index is 11.3. The van der Waals surface area contributed by atoms with Crippen molar-refractivity contribution in [2.24, 2.45) is 11.3 Å². The number of rotatable bonds is 10. The van der Waals surface area contributed by atoms with Gasteiger partial charge < -0.3 is 10.2 Å². The van der Waals surface area contributed by atoms with Crippen molar-refractivity contribution in [3.05, 3.63) is 0 Å². The summed E-state index contributed by atoms with van der Waals surface area (Å²) in [6.45, 7) is 5.67. The minimum Gasteiger partial charge on any atom is -0.481 e. The molecule has 2 unspecified atom stereocenters. The van der Waals surface area contributed by atoms with Crippen molar-refractivity contribution < 1.29 is 19.8 Å². The average molecular weight is 258 g/mol. The Bertz CT molecular complexity index is 275. The van der Waals surface area contributed by atoms with Gasteiger partial charge in [0, 0.05) is 0 Å². The normalized spacial score (nSPS) is 15.9. The van der Waals surface area contributed by atoms with Crippen LogP contribution in [-0.4, -0.2) is 22.2 Å². The van der Waals surface area contributed by atoms with Crippen molar-refractivity contribution in [1.29, 1.82) is 0 Å². The van der Waals surface area contributed by atoms with E-state index in [1.807, 2.05) is 13.8 Å². The van der Waals surface area contributed by atoms with E-state index >= 15 is 0 Å². The van der Waals surface area contributed by atoms with Crippen LogP contribution < -0.4 is 0 Å². The highest BCUT2D eigenvalue weighted by Gasteiger charge is 2.32. The number of hydrogen-bond acceptors (Lipinski definition) is 2. The van der Waals surface area contributed by atoms with Crippen molar-refractivity contribution in [2.75, 3.05) is 0 Å². The third-order valence-electron chi connectivity index (χ3n) is 3.72. The van der Waals surface area contributed by atoms with Crippen LogP contribution in [0, 0.1) is 11.3 Å². The van der Waals surface area contributed by atoms with Gasteiger partial charge in [-0.25, -0.2) is 0 Å². The Morgan fingerprint density at radius 2 is 1.67 bits per heavy atom. The van der Waals surface area contributed by atoms with E-state index in [4.69, 9.17) is 5.11 Å². The average Bonchev–Trinajstić information content (AvgIpc) is 2.31. The van der Waals surface area contributed by atoms with E-state index in [1.165, 1.54) is 0 Å². The lowest BCUT2D eigenvalue weighted by atomic mass is 9.79. The first-order valence-corrected chi connectivity index (χ1v) is 6.83. The molecule has 0 saturated carbocycles. The summed E-state index contributed by atoms with van der Waals surface area (Å²) in [5.74, 6) is -1.88. The number of aliphatic carboxylic acids is 2. The van der Waals surface area contributed by atoms with Crippen molar-refractivity contribution in [3.8, 4) is 0 Å². The maximum Gasteiger partial charge on any atom is 0.309 e. The summed E-state index contributed by atoms with van der Waals surface area (Å²) >= 11 is 0. The Kier molecular flexibility index (Phi) is 7.64. The van der Waals surface area contributed by atoms with Gasteiger partial charge in [0.1, 0.15) is 0 Å². The van der Waals surface area contributed by atoms with Crippen molar-refractivity contribution >= 4 is 11.9 Å². The van der Waals surface area contributed by atoms with E-state index in [2.05, 4.69) is 0 Å². The lowest BCUT2D eigenvalue weighted by Gasteiger charge is -2.25. The first-order chi connectivity index (χ1) is 8.37. The summed E-state index contributed by atoms with van der Waals surface area (Å²) < 4.78 is 0. The zero-order valence-electron chi connectivity index (χ0n) is 11.7. The molecule has 0 saturated heterocycles. The number of carboxylic acids is 2. The number of carboxylic acid groups (broad SMARTS) is 2. The van der Waals surface area contributed by atoms with E-state index in [0.717, 1.165) is 12.8 Å². The summed E-state index contributed by atoms with van der Waals surface area (Å²) in [5.41, 5.74) is -0.702. The van der Waals surface area contributed by atoms with Gasteiger partial charge >= 0.3 is 11.9 Å². The fraction of sp³-hybridized carbons (Fsp3) is 0.857. The molecule has 0 fully saturated rings. The van der Waals surface area contributed by atoms with Crippen LogP contribution in [-0.2, 0) is 9.59 Å². The molecule has 106 valence electrons. The molecule has 0 aromatic carbocycles. The molecule has 0 aliphatic rings. The minimum absolute atomic E-state index is 0.339. The smallest absolute Gasteiger partial charge is 0.309 e. The van der Waals surface area contributed by atoms with Crippen LogP contribution in [0.2, 0.25) is 0 Å². The lowest BCUT2D eigenvalue weighted by molar-refractivity contribution is -0.149. The van der Waals surface area contributed by atoms with E-state index < -0.39 is 17.4 Å². The number of unbranched alkanes of at least 4 members (excludes halogenated alkanes) is 1. The van der Waals surface area contributed by atoms with Crippen molar-refractivity contribution in [1.82, 2.24) is 0 Å². The first kappa shape index (κ1) is 16.9. The first-order valence-electron chi connectivity index (χ1n) is 6.83. The summed E-state index contributed by atoms with van der Waals surface area (Å²) in [7, 11) is 0. The van der Waals surface area contributed by atoms with Gasteiger partial charge in [0.15, 0.2) is 0 Å². The molecule has 2 atom stereocenters. The monoisotopic (exact) mass is 258 g/mol. The second kappa shape index (κ2) is 8.11. The molecule has 0 aromatic heterocycles.